The van der Waals surface area contributed by atoms with Crippen molar-refractivity contribution in [2.45, 2.75) is 44.6 Å². The molecule has 2 nitrogen and oxygen atoms in total. The van der Waals surface area contributed by atoms with Gasteiger partial charge in [0.1, 0.15) is 5.76 Å². The molecule has 2 unspecified atom stereocenters. The van der Waals surface area contributed by atoms with Crippen LogP contribution in [0.4, 0.5) is 0 Å². The van der Waals surface area contributed by atoms with Crippen molar-refractivity contribution in [3.63, 3.8) is 0 Å². The van der Waals surface area contributed by atoms with Gasteiger partial charge < -0.3 is 9.52 Å². The molecular formula is C17H20O2. The van der Waals surface area contributed by atoms with Crippen LogP contribution in [0.15, 0.2) is 41.0 Å². The Bertz CT molecular complexity index is 556. The Labute approximate surface area is 114 Å². The number of aryl methyl sites for hydroxylation is 2. The molecule has 0 fully saturated rings. The summed E-state index contributed by atoms with van der Waals surface area (Å²) in [4.78, 5) is 0. The van der Waals surface area contributed by atoms with E-state index in [-0.39, 0.29) is 0 Å². The van der Waals surface area contributed by atoms with Crippen LogP contribution in [-0.4, -0.2) is 5.11 Å². The van der Waals surface area contributed by atoms with E-state index in [4.69, 9.17) is 4.42 Å². The van der Waals surface area contributed by atoms with Crippen molar-refractivity contribution in [2.24, 2.45) is 0 Å². The Morgan fingerprint density at radius 1 is 1.37 bits per heavy atom. The van der Waals surface area contributed by atoms with Crippen molar-refractivity contribution in [2.75, 3.05) is 0 Å². The van der Waals surface area contributed by atoms with Crippen molar-refractivity contribution >= 4 is 0 Å². The van der Waals surface area contributed by atoms with Gasteiger partial charge in [-0.25, -0.2) is 0 Å². The van der Waals surface area contributed by atoms with Gasteiger partial charge in [-0.2, -0.15) is 0 Å². The molecule has 0 spiro atoms. The molecule has 1 N–H and O–H groups in total. The minimum absolute atomic E-state index is 0.423. The minimum atomic E-state index is -0.423. The molecule has 1 aliphatic rings. The first-order valence-corrected chi connectivity index (χ1v) is 7.05. The van der Waals surface area contributed by atoms with Crippen LogP contribution in [0.2, 0.25) is 0 Å². The Morgan fingerprint density at radius 2 is 2.21 bits per heavy atom. The number of hydrogen-bond donors (Lipinski definition) is 1. The average molecular weight is 256 g/mol. The Morgan fingerprint density at radius 3 is 3.00 bits per heavy atom. The number of fused-ring (bicyclic) bond motifs is 1. The molecule has 0 saturated carbocycles. The summed E-state index contributed by atoms with van der Waals surface area (Å²) in [5.74, 6) is 1.33. The molecule has 1 aromatic heterocycles. The van der Waals surface area contributed by atoms with E-state index >= 15 is 0 Å². The van der Waals surface area contributed by atoms with Gasteiger partial charge >= 0.3 is 0 Å². The van der Waals surface area contributed by atoms with Gasteiger partial charge in [0.25, 0.3) is 0 Å². The zero-order chi connectivity index (χ0) is 13.2. The third kappa shape index (κ3) is 2.59. The number of aliphatic hydroxyl groups is 1. The summed E-state index contributed by atoms with van der Waals surface area (Å²) in [6.07, 6.45) is 5.61. The second-order valence-corrected chi connectivity index (χ2v) is 5.53. The van der Waals surface area contributed by atoms with E-state index in [2.05, 4.69) is 24.3 Å². The third-order valence-corrected chi connectivity index (χ3v) is 4.14. The molecule has 2 atom stereocenters. The quantitative estimate of drug-likeness (QED) is 0.895. The van der Waals surface area contributed by atoms with Crippen LogP contribution in [0, 0.1) is 6.92 Å². The fraction of sp³-hybridized carbons (Fsp3) is 0.412. The lowest BCUT2D eigenvalue weighted by Gasteiger charge is -2.27. The van der Waals surface area contributed by atoms with E-state index in [0.29, 0.717) is 5.92 Å². The second kappa shape index (κ2) is 5.22. The maximum Gasteiger partial charge on any atom is 0.101 e. The second-order valence-electron chi connectivity index (χ2n) is 5.53. The van der Waals surface area contributed by atoms with Crippen LogP contribution in [0.3, 0.4) is 0 Å². The van der Waals surface area contributed by atoms with Crippen LogP contribution in [-0.2, 0) is 6.42 Å². The number of hydrogen-bond acceptors (Lipinski definition) is 2. The normalized spacial score (nSPS) is 20.0. The van der Waals surface area contributed by atoms with Gasteiger partial charge in [-0.1, -0.05) is 24.3 Å². The maximum atomic E-state index is 10.4. The van der Waals surface area contributed by atoms with Gasteiger partial charge in [-0.05, 0) is 55.7 Å². The first-order valence-electron chi connectivity index (χ1n) is 7.05. The van der Waals surface area contributed by atoms with Crippen LogP contribution in [0.25, 0.3) is 0 Å². The topological polar surface area (TPSA) is 33.4 Å². The van der Waals surface area contributed by atoms with Crippen molar-refractivity contribution in [1.82, 2.24) is 0 Å². The Balaban J connectivity index is 1.77. The van der Waals surface area contributed by atoms with E-state index in [9.17, 15) is 5.11 Å². The molecule has 0 radical (unpaired) electrons. The van der Waals surface area contributed by atoms with Crippen molar-refractivity contribution in [1.29, 1.82) is 0 Å². The number of aliphatic hydroxyl groups excluding tert-OH is 1. The highest BCUT2D eigenvalue weighted by Gasteiger charge is 2.23. The summed E-state index contributed by atoms with van der Waals surface area (Å²) < 4.78 is 5.28. The van der Waals surface area contributed by atoms with Crippen LogP contribution >= 0.6 is 0 Å². The smallest absolute Gasteiger partial charge is 0.101 e. The molecule has 1 aromatic carbocycles. The van der Waals surface area contributed by atoms with E-state index in [1.165, 1.54) is 30.4 Å². The van der Waals surface area contributed by atoms with Gasteiger partial charge in [0, 0.05) is 5.56 Å². The van der Waals surface area contributed by atoms with Crippen molar-refractivity contribution < 1.29 is 9.52 Å². The Kier molecular flexibility index (Phi) is 3.43. The summed E-state index contributed by atoms with van der Waals surface area (Å²) in [6.45, 7) is 1.91. The first kappa shape index (κ1) is 12.5. The van der Waals surface area contributed by atoms with Crippen molar-refractivity contribution in [3.05, 3.63) is 59.0 Å². The van der Waals surface area contributed by atoms with E-state index in [1.54, 1.807) is 6.26 Å². The number of benzene rings is 1. The maximum absolute atomic E-state index is 10.4. The molecule has 2 aromatic rings. The summed E-state index contributed by atoms with van der Waals surface area (Å²) in [6, 6.07) is 10.6. The third-order valence-electron chi connectivity index (χ3n) is 4.14. The predicted molar refractivity (Wildman–Crippen MR) is 75.1 cm³/mol. The largest absolute Gasteiger partial charge is 0.469 e. The van der Waals surface area contributed by atoms with E-state index < -0.39 is 6.10 Å². The highest BCUT2D eigenvalue weighted by molar-refractivity contribution is 5.33. The molecule has 0 saturated heterocycles. The van der Waals surface area contributed by atoms with Gasteiger partial charge in [0.05, 0.1) is 12.4 Å². The summed E-state index contributed by atoms with van der Waals surface area (Å²) >= 11 is 0. The monoisotopic (exact) mass is 256 g/mol. The standard InChI is InChI=1S/C17H20O2/c1-12-9-15(11-19-12)17(18)10-14-7-4-6-13-5-2-3-8-16(13)14/h2-3,5,8-9,11,14,17-18H,4,6-7,10H2,1H3. The molecular weight excluding hydrogens is 236 g/mol. The van der Waals surface area contributed by atoms with Gasteiger partial charge in [-0.3, -0.25) is 0 Å². The molecule has 0 aliphatic heterocycles. The van der Waals surface area contributed by atoms with Crippen LogP contribution in [0.1, 0.15) is 53.7 Å². The van der Waals surface area contributed by atoms with Gasteiger partial charge in [-0.15, -0.1) is 0 Å². The fourth-order valence-corrected chi connectivity index (χ4v) is 3.14. The lowest BCUT2D eigenvalue weighted by atomic mass is 9.79. The SMILES string of the molecule is Cc1cc(C(O)CC2CCCc3ccccc32)co1. The zero-order valence-electron chi connectivity index (χ0n) is 11.3. The number of furan rings is 1. The summed E-state index contributed by atoms with van der Waals surface area (Å²) in [5.41, 5.74) is 3.78. The average Bonchev–Trinajstić information content (AvgIpc) is 2.86. The van der Waals surface area contributed by atoms with Crippen LogP contribution in [0.5, 0.6) is 0 Å². The molecule has 2 heteroatoms. The van der Waals surface area contributed by atoms with Gasteiger partial charge in [0.2, 0.25) is 0 Å². The summed E-state index contributed by atoms with van der Waals surface area (Å²) in [7, 11) is 0. The summed E-state index contributed by atoms with van der Waals surface area (Å²) in [5, 5.41) is 10.4. The van der Waals surface area contributed by atoms with Crippen molar-refractivity contribution in [3.8, 4) is 0 Å². The minimum Gasteiger partial charge on any atom is -0.469 e. The fourth-order valence-electron chi connectivity index (χ4n) is 3.14. The zero-order valence-corrected chi connectivity index (χ0v) is 11.3. The van der Waals surface area contributed by atoms with E-state index in [1.807, 2.05) is 13.0 Å². The lowest BCUT2D eigenvalue weighted by Crippen LogP contribution is -2.12. The van der Waals surface area contributed by atoms with E-state index in [0.717, 1.165) is 17.7 Å². The molecule has 1 aliphatic carbocycles. The predicted octanol–water partition coefficient (Wildman–Crippen LogP) is 4.13. The molecule has 0 bridgehead atoms. The lowest BCUT2D eigenvalue weighted by molar-refractivity contribution is 0.153. The molecule has 100 valence electrons. The molecule has 3 rings (SSSR count). The Hall–Kier alpha value is -1.54. The first-order chi connectivity index (χ1) is 9.24. The molecule has 0 amide bonds. The van der Waals surface area contributed by atoms with Gasteiger partial charge in [0.15, 0.2) is 0 Å². The molecule has 19 heavy (non-hydrogen) atoms. The highest BCUT2D eigenvalue weighted by Crippen LogP contribution is 2.37. The highest BCUT2D eigenvalue weighted by atomic mass is 16.3. The van der Waals surface area contributed by atoms with Crippen LogP contribution < -0.4 is 0 Å². The molecule has 1 heterocycles. The number of rotatable bonds is 3.